The van der Waals surface area contributed by atoms with Gasteiger partial charge in [0.15, 0.2) is 5.82 Å². The molecule has 0 radical (unpaired) electrons. The van der Waals surface area contributed by atoms with Crippen LogP contribution in [0.25, 0.3) is 0 Å². The number of halogens is 1. The molecule has 28 heavy (non-hydrogen) atoms. The van der Waals surface area contributed by atoms with Crippen LogP contribution in [0.1, 0.15) is 5.56 Å². The third-order valence-corrected chi connectivity index (χ3v) is 4.88. The first kappa shape index (κ1) is 20.0. The SMILES string of the molecule is NS(=O)(=O)c1ccc(CNc2nc(Nc3cnn(CCO)c3)ncc2Cl)cc1. The van der Waals surface area contributed by atoms with Gasteiger partial charge in [-0.2, -0.15) is 10.1 Å². The first-order valence-corrected chi connectivity index (χ1v) is 10.1. The van der Waals surface area contributed by atoms with E-state index in [-0.39, 0.29) is 11.5 Å². The Bertz CT molecular complexity index is 1050. The molecule has 0 aliphatic carbocycles. The van der Waals surface area contributed by atoms with Crippen molar-refractivity contribution in [3.63, 3.8) is 0 Å². The molecule has 0 aliphatic rings. The van der Waals surface area contributed by atoms with Gasteiger partial charge in [-0.15, -0.1) is 0 Å². The van der Waals surface area contributed by atoms with Crippen LogP contribution in [0.4, 0.5) is 17.5 Å². The molecule has 0 saturated heterocycles. The van der Waals surface area contributed by atoms with E-state index in [1.807, 2.05) is 0 Å². The van der Waals surface area contributed by atoms with E-state index < -0.39 is 10.0 Å². The van der Waals surface area contributed by atoms with Gasteiger partial charge in [0.1, 0.15) is 5.02 Å². The summed E-state index contributed by atoms with van der Waals surface area (Å²) in [6.07, 6.45) is 4.77. The average molecular weight is 424 g/mol. The number of primary sulfonamides is 1. The topological polar surface area (TPSA) is 148 Å². The summed E-state index contributed by atoms with van der Waals surface area (Å²) in [5.41, 5.74) is 1.49. The van der Waals surface area contributed by atoms with Gasteiger partial charge in [0.2, 0.25) is 16.0 Å². The first-order chi connectivity index (χ1) is 13.3. The molecule has 12 heteroatoms. The lowest BCUT2D eigenvalue weighted by molar-refractivity contribution is 0.269. The fourth-order valence-electron chi connectivity index (χ4n) is 2.32. The Morgan fingerprint density at radius 2 is 1.96 bits per heavy atom. The second-order valence-corrected chi connectivity index (χ2v) is 7.74. The molecule has 0 saturated carbocycles. The highest BCUT2D eigenvalue weighted by molar-refractivity contribution is 7.89. The Kier molecular flexibility index (Phi) is 6.09. The molecule has 3 rings (SSSR count). The standard InChI is InChI=1S/C16H18ClN7O3S/c17-14-9-20-16(22-12-8-21-24(10-12)5-6-25)23-15(14)19-7-11-1-3-13(4-2-11)28(18,26)27/h1-4,8-10,25H,5-7H2,(H2,18,26,27)(H2,19,20,22,23). The number of aromatic nitrogens is 4. The molecular formula is C16H18ClN7O3S. The van der Waals surface area contributed by atoms with Crippen molar-refractivity contribution in [2.45, 2.75) is 18.0 Å². The normalized spacial score (nSPS) is 11.4. The molecule has 0 fully saturated rings. The smallest absolute Gasteiger partial charge is 0.238 e. The van der Waals surface area contributed by atoms with Gasteiger partial charge < -0.3 is 15.7 Å². The molecule has 5 N–H and O–H groups in total. The summed E-state index contributed by atoms with van der Waals surface area (Å²) < 4.78 is 24.2. The minimum Gasteiger partial charge on any atom is -0.394 e. The van der Waals surface area contributed by atoms with Crippen LogP contribution in [-0.2, 0) is 23.1 Å². The number of hydrogen-bond donors (Lipinski definition) is 4. The van der Waals surface area contributed by atoms with Crippen LogP contribution >= 0.6 is 11.6 Å². The predicted molar refractivity (Wildman–Crippen MR) is 105 cm³/mol. The van der Waals surface area contributed by atoms with Crippen molar-refractivity contribution < 1.29 is 13.5 Å². The minimum absolute atomic E-state index is 0.00910. The Morgan fingerprint density at radius 3 is 2.64 bits per heavy atom. The lowest BCUT2D eigenvalue weighted by Gasteiger charge is -2.10. The predicted octanol–water partition coefficient (Wildman–Crippen LogP) is 1.32. The van der Waals surface area contributed by atoms with Gasteiger partial charge in [-0.25, -0.2) is 18.5 Å². The zero-order valence-corrected chi connectivity index (χ0v) is 16.2. The summed E-state index contributed by atoms with van der Waals surface area (Å²) in [6.45, 7) is 0.751. The highest BCUT2D eigenvalue weighted by Crippen LogP contribution is 2.22. The Hall–Kier alpha value is -2.73. The number of sulfonamides is 1. The molecule has 10 nitrogen and oxygen atoms in total. The first-order valence-electron chi connectivity index (χ1n) is 8.13. The van der Waals surface area contributed by atoms with Gasteiger partial charge in [0.05, 0.1) is 36.1 Å². The van der Waals surface area contributed by atoms with E-state index in [4.69, 9.17) is 21.8 Å². The van der Waals surface area contributed by atoms with Crippen LogP contribution in [0.5, 0.6) is 0 Å². The van der Waals surface area contributed by atoms with Crippen LogP contribution in [0.3, 0.4) is 0 Å². The number of aliphatic hydroxyl groups excluding tert-OH is 1. The molecule has 0 atom stereocenters. The molecule has 0 unspecified atom stereocenters. The second kappa shape index (κ2) is 8.52. The molecule has 2 aromatic heterocycles. The third-order valence-electron chi connectivity index (χ3n) is 3.67. The Labute approximate surface area is 166 Å². The number of nitrogens with one attached hydrogen (secondary N) is 2. The lowest BCUT2D eigenvalue weighted by Crippen LogP contribution is -2.12. The number of nitrogens with two attached hydrogens (primary N) is 1. The largest absolute Gasteiger partial charge is 0.394 e. The fourth-order valence-corrected chi connectivity index (χ4v) is 2.99. The highest BCUT2D eigenvalue weighted by atomic mass is 35.5. The molecular weight excluding hydrogens is 406 g/mol. The minimum atomic E-state index is -3.72. The van der Waals surface area contributed by atoms with Crippen LogP contribution in [-0.4, -0.2) is 39.9 Å². The Morgan fingerprint density at radius 1 is 1.21 bits per heavy atom. The van der Waals surface area contributed by atoms with E-state index in [9.17, 15) is 8.42 Å². The molecule has 1 aromatic carbocycles. The van der Waals surface area contributed by atoms with E-state index in [1.165, 1.54) is 18.3 Å². The highest BCUT2D eigenvalue weighted by Gasteiger charge is 2.09. The molecule has 3 aromatic rings. The number of anilines is 3. The molecule has 0 amide bonds. The third kappa shape index (κ3) is 5.16. The summed E-state index contributed by atoms with van der Waals surface area (Å²) in [4.78, 5) is 8.49. The quantitative estimate of drug-likeness (QED) is 0.424. The molecule has 148 valence electrons. The number of rotatable bonds is 8. The monoisotopic (exact) mass is 423 g/mol. The van der Waals surface area contributed by atoms with Crippen LogP contribution < -0.4 is 15.8 Å². The van der Waals surface area contributed by atoms with Crippen LogP contribution in [0.2, 0.25) is 5.02 Å². The van der Waals surface area contributed by atoms with Crippen molar-refractivity contribution in [3.8, 4) is 0 Å². The zero-order valence-electron chi connectivity index (χ0n) is 14.6. The number of hydrogen-bond acceptors (Lipinski definition) is 8. The number of nitrogens with zero attached hydrogens (tertiary/aromatic N) is 4. The van der Waals surface area contributed by atoms with Crippen LogP contribution in [0, 0.1) is 0 Å². The summed E-state index contributed by atoms with van der Waals surface area (Å²) >= 11 is 6.14. The maximum atomic E-state index is 11.3. The van der Waals surface area contributed by atoms with Crippen molar-refractivity contribution in [2.75, 3.05) is 17.2 Å². The number of benzene rings is 1. The van der Waals surface area contributed by atoms with Gasteiger partial charge in [-0.05, 0) is 17.7 Å². The van der Waals surface area contributed by atoms with E-state index in [0.29, 0.717) is 35.6 Å². The fraction of sp³-hybridized carbons (Fsp3) is 0.188. The van der Waals surface area contributed by atoms with Gasteiger partial charge in [-0.3, -0.25) is 4.68 Å². The summed E-state index contributed by atoms with van der Waals surface area (Å²) in [7, 11) is -3.72. The maximum Gasteiger partial charge on any atom is 0.238 e. The van der Waals surface area contributed by atoms with Crippen molar-refractivity contribution in [1.29, 1.82) is 0 Å². The maximum absolute atomic E-state index is 11.3. The molecule has 0 aliphatic heterocycles. The summed E-state index contributed by atoms with van der Waals surface area (Å²) in [6, 6.07) is 6.17. The van der Waals surface area contributed by atoms with Gasteiger partial charge in [0, 0.05) is 12.7 Å². The van der Waals surface area contributed by atoms with Gasteiger partial charge in [-0.1, -0.05) is 23.7 Å². The van der Waals surface area contributed by atoms with E-state index in [1.54, 1.807) is 29.2 Å². The molecule has 2 heterocycles. The average Bonchev–Trinajstić information content (AvgIpc) is 3.09. The van der Waals surface area contributed by atoms with Crippen molar-refractivity contribution in [1.82, 2.24) is 19.7 Å². The van der Waals surface area contributed by atoms with Crippen molar-refractivity contribution in [3.05, 3.63) is 53.4 Å². The second-order valence-electron chi connectivity index (χ2n) is 5.77. The van der Waals surface area contributed by atoms with Crippen molar-refractivity contribution in [2.24, 2.45) is 5.14 Å². The number of aliphatic hydroxyl groups is 1. The van der Waals surface area contributed by atoms with Crippen LogP contribution in [0.15, 0.2) is 47.8 Å². The Balaban J connectivity index is 1.67. The lowest BCUT2D eigenvalue weighted by atomic mass is 10.2. The van der Waals surface area contributed by atoms with Crippen molar-refractivity contribution >= 4 is 39.1 Å². The molecule has 0 spiro atoms. The zero-order chi connectivity index (χ0) is 20.1. The van der Waals surface area contributed by atoms with Gasteiger partial charge >= 0.3 is 0 Å². The van der Waals surface area contributed by atoms with E-state index in [2.05, 4.69) is 25.7 Å². The van der Waals surface area contributed by atoms with Gasteiger partial charge in [0.25, 0.3) is 0 Å². The summed E-state index contributed by atoms with van der Waals surface area (Å²) in [5.74, 6) is 0.734. The summed E-state index contributed by atoms with van der Waals surface area (Å²) in [5, 5.41) is 24.5. The van der Waals surface area contributed by atoms with E-state index in [0.717, 1.165) is 5.56 Å². The molecule has 0 bridgehead atoms. The van der Waals surface area contributed by atoms with E-state index >= 15 is 0 Å².